The molecule has 0 aliphatic carbocycles. The molecule has 0 aromatic carbocycles. The van der Waals surface area contributed by atoms with Crippen LogP contribution in [0.5, 0.6) is 0 Å². The van der Waals surface area contributed by atoms with Crippen molar-refractivity contribution in [1.29, 1.82) is 0 Å². The van der Waals surface area contributed by atoms with Gasteiger partial charge in [-0.1, -0.05) is 26.0 Å². The Hall–Kier alpha value is -1.10. The second-order valence-corrected chi connectivity index (χ2v) is 5.53. The molecule has 5 heteroatoms. The molecule has 17 heavy (non-hydrogen) atoms. The fourth-order valence-electron chi connectivity index (χ4n) is 2.41. The van der Waals surface area contributed by atoms with Gasteiger partial charge in [0.15, 0.2) is 0 Å². The zero-order valence-corrected chi connectivity index (χ0v) is 10.9. The first-order valence-electron chi connectivity index (χ1n) is 6.36. The molecule has 2 rings (SSSR count). The van der Waals surface area contributed by atoms with Crippen LogP contribution in [0.25, 0.3) is 0 Å². The van der Waals surface area contributed by atoms with E-state index in [9.17, 15) is 5.11 Å². The smallest absolute Gasteiger partial charge is 0.147 e. The fourth-order valence-corrected chi connectivity index (χ4v) is 2.41. The summed E-state index contributed by atoms with van der Waals surface area (Å²) in [6.07, 6.45) is 3.47. The van der Waals surface area contributed by atoms with Gasteiger partial charge in [-0.2, -0.15) is 0 Å². The number of hydrogen-bond acceptors (Lipinski definition) is 4. The number of aromatic nitrogens is 3. The van der Waals surface area contributed by atoms with Crippen molar-refractivity contribution in [3.8, 4) is 0 Å². The molecule has 5 nitrogen and oxygen atoms in total. The van der Waals surface area contributed by atoms with E-state index in [4.69, 9.17) is 0 Å². The van der Waals surface area contributed by atoms with Crippen molar-refractivity contribution in [3.63, 3.8) is 0 Å². The molecule has 1 N–H and O–H groups in total. The Labute approximate surface area is 102 Å². The summed E-state index contributed by atoms with van der Waals surface area (Å²) in [6.45, 7) is 8.98. The Morgan fingerprint density at radius 1 is 1.53 bits per heavy atom. The molecule has 1 aromatic heterocycles. The number of nitrogens with zero attached hydrogens (tertiary/aromatic N) is 4. The van der Waals surface area contributed by atoms with E-state index >= 15 is 0 Å². The normalized spacial score (nSPS) is 24.0. The van der Waals surface area contributed by atoms with Gasteiger partial charge in [0.25, 0.3) is 0 Å². The first-order valence-corrected chi connectivity index (χ1v) is 6.36. The van der Waals surface area contributed by atoms with Crippen molar-refractivity contribution in [1.82, 2.24) is 15.0 Å². The highest BCUT2D eigenvalue weighted by Crippen LogP contribution is 2.31. The van der Waals surface area contributed by atoms with Gasteiger partial charge < -0.3 is 10.0 Å². The molecule has 96 valence electrons. The molecule has 0 bridgehead atoms. The van der Waals surface area contributed by atoms with Gasteiger partial charge >= 0.3 is 0 Å². The zero-order valence-electron chi connectivity index (χ0n) is 10.9. The second-order valence-electron chi connectivity index (χ2n) is 5.53. The summed E-state index contributed by atoms with van der Waals surface area (Å²) in [7, 11) is 0. The molecule has 2 heterocycles. The number of anilines is 1. The first-order chi connectivity index (χ1) is 8.04. The molecule has 1 saturated heterocycles. The molecular formula is C12H22N4O. The van der Waals surface area contributed by atoms with Crippen molar-refractivity contribution in [3.05, 3.63) is 6.20 Å². The number of piperidine rings is 1. The van der Waals surface area contributed by atoms with Crippen LogP contribution in [0.4, 0.5) is 5.82 Å². The topological polar surface area (TPSA) is 54.2 Å². The van der Waals surface area contributed by atoms with E-state index in [0.717, 1.165) is 38.3 Å². The highest BCUT2D eigenvalue weighted by atomic mass is 16.3. The molecule has 1 aliphatic rings. The number of rotatable bonds is 3. The highest BCUT2D eigenvalue weighted by Gasteiger charge is 2.35. The number of aliphatic hydroxyl groups excluding tert-OH is 1. The minimum atomic E-state index is -0.214. The Bertz CT molecular complexity index is 374. The molecule has 1 unspecified atom stereocenters. The van der Waals surface area contributed by atoms with Crippen LogP contribution in [0, 0.1) is 5.41 Å². The van der Waals surface area contributed by atoms with Gasteiger partial charge in [-0.05, 0) is 12.8 Å². The van der Waals surface area contributed by atoms with Gasteiger partial charge in [-0.15, -0.1) is 5.10 Å². The van der Waals surface area contributed by atoms with E-state index < -0.39 is 0 Å². The summed E-state index contributed by atoms with van der Waals surface area (Å²) in [6, 6.07) is 0. The van der Waals surface area contributed by atoms with Crippen LogP contribution < -0.4 is 4.90 Å². The first kappa shape index (κ1) is 12.4. The Morgan fingerprint density at radius 2 is 2.29 bits per heavy atom. The monoisotopic (exact) mass is 238 g/mol. The van der Waals surface area contributed by atoms with Gasteiger partial charge in [0, 0.05) is 25.0 Å². The maximum absolute atomic E-state index is 9.96. The predicted molar refractivity (Wildman–Crippen MR) is 66.9 cm³/mol. The SMILES string of the molecule is CCCn1nncc1N1CCC(O)C(C)(C)C1. The summed E-state index contributed by atoms with van der Waals surface area (Å²) in [5, 5.41) is 18.1. The lowest BCUT2D eigenvalue weighted by Gasteiger charge is -2.42. The summed E-state index contributed by atoms with van der Waals surface area (Å²) in [5.41, 5.74) is -0.0699. The van der Waals surface area contributed by atoms with Crippen LogP contribution in [0.15, 0.2) is 6.20 Å². The molecule has 0 saturated carbocycles. The standard InChI is InChI=1S/C12H22N4O/c1-4-6-16-11(8-13-14-16)15-7-5-10(17)12(2,3)9-15/h8,10,17H,4-7,9H2,1-3H3. The summed E-state index contributed by atoms with van der Waals surface area (Å²) in [4.78, 5) is 2.28. The van der Waals surface area contributed by atoms with Crippen molar-refractivity contribution < 1.29 is 5.11 Å². The van der Waals surface area contributed by atoms with Crippen molar-refractivity contribution in [2.45, 2.75) is 46.3 Å². The van der Waals surface area contributed by atoms with Crippen LogP contribution in [-0.2, 0) is 6.54 Å². The minimum absolute atomic E-state index is 0.0699. The van der Waals surface area contributed by atoms with E-state index in [1.165, 1.54) is 0 Å². The van der Waals surface area contributed by atoms with Gasteiger partial charge in [-0.25, -0.2) is 4.68 Å². The van der Waals surface area contributed by atoms with E-state index in [0.29, 0.717) is 0 Å². The Morgan fingerprint density at radius 3 is 2.94 bits per heavy atom. The average Bonchev–Trinajstić information content (AvgIpc) is 2.71. The predicted octanol–water partition coefficient (Wildman–Crippen LogP) is 1.29. The maximum atomic E-state index is 9.96. The van der Waals surface area contributed by atoms with Gasteiger partial charge in [0.05, 0.1) is 12.3 Å². The third-order valence-electron chi connectivity index (χ3n) is 3.53. The average molecular weight is 238 g/mol. The second kappa shape index (κ2) is 4.64. The van der Waals surface area contributed by atoms with Crippen molar-refractivity contribution in [2.24, 2.45) is 5.41 Å². The number of aliphatic hydroxyl groups is 1. The van der Waals surface area contributed by atoms with Gasteiger partial charge in [-0.3, -0.25) is 0 Å². The molecule has 1 aliphatic heterocycles. The van der Waals surface area contributed by atoms with Crippen LogP contribution >= 0.6 is 0 Å². The van der Waals surface area contributed by atoms with Crippen LogP contribution in [0.3, 0.4) is 0 Å². The summed E-state index contributed by atoms with van der Waals surface area (Å²) >= 11 is 0. The third-order valence-corrected chi connectivity index (χ3v) is 3.53. The third kappa shape index (κ3) is 2.44. The van der Waals surface area contributed by atoms with E-state index in [1.807, 2.05) is 10.9 Å². The molecule has 1 aromatic rings. The lowest BCUT2D eigenvalue weighted by molar-refractivity contribution is 0.0332. The minimum Gasteiger partial charge on any atom is -0.392 e. The molecule has 0 radical (unpaired) electrons. The summed E-state index contributed by atoms with van der Waals surface area (Å²) in [5.74, 6) is 1.08. The van der Waals surface area contributed by atoms with Crippen LogP contribution in [-0.4, -0.2) is 39.3 Å². The highest BCUT2D eigenvalue weighted by molar-refractivity contribution is 5.37. The van der Waals surface area contributed by atoms with Gasteiger partial charge in [0.1, 0.15) is 5.82 Å². The maximum Gasteiger partial charge on any atom is 0.147 e. The Kier molecular flexibility index (Phi) is 3.38. The molecule has 0 spiro atoms. The van der Waals surface area contributed by atoms with E-state index in [-0.39, 0.29) is 11.5 Å². The lowest BCUT2D eigenvalue weighted by atomic mass is 9.81. The van der Waals surface area contributed by atoms with Gasteiger partial charge in [0.2, 0.25) is 0 Å². The fraction of sp³-hybridized carbons (Fsp3) is 0.833. The summed E-state index contributed by atoms with van der Waals surface area (Å²) < 4.78 is 1.95. The van der Waals surface area contributed by atoms with Crippen molar-refractivity contribution >= 4 is 5.82 Å². The molecule has 1 fully saturated rings. The van der Waals surface area contributed by atoms with Crippen LogP contribution in [0.2, 0.25) is 0 Å². The number of hydrogen-bond donors (Lipinski definition) is 1. The molecule has 0 amide bonds. The Balaban J connectivity index is 2.15. The zero-order chi connectivity index (χ0) is 12.5. The lowest BCUT2D eigenvalue weighted by Crippen LogP contribution is -2.49. The molecule has 1 atom stereocenters. The number of aryl methyl sites for hydroxylation is 1. The molecular weight excluding hydrogens is 216 g/mol. The van der Waals surface area contributed by atoms with E-state index in [1.54, 1.807) is 0 Å². The van der Waals surface area contributed by atoms with E-state index in [2.05, 4.69) is 36.0 Å². The van der Waals surface area contributed by atoms with Crippen LogP contribution in [0.1, 0.15) is 33.6 Å². The largest absolute Gasteiger partial charge is 0.392 e. The quantitative estimate of drug-likeness (QED) is 0.862. The van der Waals surface area contributed by atoms with Crippen molar-refractivity contribution in [2.75, 3.05) is 18.0 Å².